The fraction of sp³-hybridized carbons (Fsp3) is 0.0625. The lowest BCUT2D eigenvalue weighted by Crippen LogP contribution is -2.22. The average molecular weight is 296 g/mol. The Kier molecular flexibility index (Phi) is 3.58. The number of nitrogens with zero attached hydrogens (tertiary/aromatic N) is 1. The van der Waals surface area contributed by atoms with Gasteiger partial charge >= 0.3 is 0 Å². The number of Topliss-reactive ketones (excluding diaryl/α,β-unsaturated/α-hetero) is 1. The summed E-state index contributed by atoms with van der Waals surface area (Å²) in [7, 11) is 0. The summed E-state index contributed by atoms with van der Waals surface area (Å²) in [5.41, 5.74) is 1.61. The van der Waals surface area contributed by atoms with Crippen LogP contribution in [0.5, 0.6) is 0 Å². The number of hydrogen-bond donors (Lipinski definition) is 1. The lowest BCUT2D eigenvalue weighted by molar-refractivity contribution is 0.0982. The highest BCUT2D eigenvalue weighted by Gasteiger charge is 2.26. The van der Waals surface area contributed by atoms with Crippen LogP contribution in [0.4, 0.5) is 5.69 Å². The van der Waals surface area contributed by atoms with Gasteiger partial charge in [-0.05, 0) is 36.6 Å². The van der Waals surface area contributed by atoms with Gasteiger partial charge in [-0.3, -0.25) is 14.6 Å². The van der Waals surface area contributed by atoms with E-state index in [1.54, 1.807) is 23.9 Å². The number of carbonyl (C=O) groups excluding carboxylic acids is 2. The van der Waals surface area contributed by atoms with Crippen molar-refractivity contribution in [3.8, 4) is 0 Å². The van der Waals surface area contributed by atoms with E-state index in [-0.39, 0.29) is 23.0 Å². The van der Waals surface area contributed by atoms with Crippen LogP contribution in [0.3, 0.4) is 0 Å². The van der Waals surface area contributed by atoms with Crippen LogP contribution in [0.1, 0.15) is 20.8 Å². The summed E-state index contributed by atoms with van der Waals surface area (Å²) in [4.78, 5) is 29.5. The fourth-order valence-corrected chi connectivity index (χ4v) is 2.60. The minimum absolute atomic E-state index is 0.214. The van der Waals surface area contributed by atoms with Crippen molar-refractivity contribution < 1.29 is 9.59 Å². The van der Waals surface area contributed by atoms with Gasteiger partial charge in [0.05, 0.1) is 11.3 Å². The van der Waals surface area contributed by atoms with E-state index in [9.17, 15) is 9.59 Å². The van der Waals surface area contributed by atoms with Gasteiger partial charge in [-0.1, -0.05) is 6.07 Å². The number of fused-ring (bicyclic) bond motifs is 1. The van der Waals surface area contributed by atoms with Crippen molar-refractivity contribution in [3.05, 3.63) is 65.6 Å². The SMILES string of the molecule is CSc1cccc(NC2=CC(=O)c3ncccc3C2=O)c1. The number of pyridine rings is 1. The van der Waals surface area contributed by atoms with Crippen LogP contribution in [0.25, 0.3) is 0 Å². The smallest absolute Gasteiger partial charge is 0.211 e. The summed E-state index contributed by atoms with van der Waals surface area (Å²) in [5.74, 6) is -0.471. The number of benzene rings is 1. The van der Waals surface area contributed by atoms with Crippen molar-refractivity contribution in [2.24, 2.45) is 0 Å². The van der Waals surface area contributed by atoms with Crippen molar-refractivity contribution in [2.75, 3.05) is 11.6 Å². The van der Waals surface area contributed by atoms with Crippen LogP contribution in [-0.2, 0) is 0 Å². The van der Waals surface area contributed by atoms with Gasteiger partial charge in [-0.25, -0.2) is 0 Å². The van der Waals surface area contributed by atoms with Crippen molar-refractivity contribution >= 4 is 29.0 Å². The highest BCUT2D eigenvalue weighted by atomic mass is 32.2. The van der Waals surface area contributed by atoms with Crippen molar-refractivity contribution in [2.45, 2.75) is 4.90 Å². The third kappa shape index (κ3) is 2.60. The molecule has 0 bridgehead atoms. The first-order valence-corrected chi connectivity index (χ1v) is 7.58. The molecule has 1 N–H and O–H groups in total. The molecule has 1 aliphatic carbocycles. The molecule has 1 aromatic carbocycles. The Morgan fingerprint density at radius 3 is 2.81 bits per heavy atom. The average Bonchev–Trinajstić information content (AvgIpc) is 2.52. The zero-order valence-electron chi connectivity index (χ0n) is 11.3. The van der Waals surface area contributed by atoms with E-state index < -0.39 is 0 Å². The summed E-state index contributed by atoms with van der Waals surface area (Å²) < 4.78 is 0. The molecule has 1 heterocycles. The first kappa shape index (κ1) is 13.6. The summed E-state index contributed by atoms with van der Waals surface area (Å²) in [5, 5.41) is 3.03. The third-order valence-corrected chi connectivity index (χ3v) is 3.88. The lowest BCUT2D eigenvalue weighted by Gasteiger charge is -2.16. The number of nitrogens with one attached hydrogen (secondary N) is 1. The van der Waals surface area contributed by atoms with E-state index in [0.29, 0.717) is 5.56 Å². The molecule has 3 rings (SSSR count). The van der Waals surface area contributed by atoms with Gasteiger partial charge in [0, 0.05) is 22.9 Å². The van der Waals surface area contributed by atoms with E-state index in [4.69, 9.17) is 0 Å². The van der Waals surface area contributed by atoms with Crippen LogP contribution in [0, 0.1) is 0 Å². The zero-order chi connectivity index (χ0) is 14.8. The standard InChI is InChI=1S/C16H12N2O2S/c1-21-11-5-2-4-10(8-11)18-13-9-14(19)15-12(16(13)20)6-3-7-17-15/h2-9,18H,1H3. The molecule has 104 valence electrons. The molecule has 0 amide bonds. The molecule has 0 atom stereocenters. The lowest BCUT2D eigenvalue weighted by atomic mass is 9.97. The molecule has 0 aliphatic heterocycles. The van der Waals surface area contributed by atoms with E-state index in [2.05, 4.69) is 10.3 Å². The Labute approximate surface area is 126 Å². The van der Waals surface area contributed by atoms with Gasteiger partial charge in [0.25, 0.3) is 0 Å². The van der Waals surface area contributed by atoms with Crippen molar-refractivity contribution in [1.29, 1.82) is 0 Å². The maximum absolute atomic E-state index is 12.4. The van der Waals surface area contributed by atoms with Crippen LogP contribution in [-0.4, -0.2) is 22.8 Å². The predicted molar refractivity (Wildman–Crippen MR) is 82.8 cm³/mol. The second kappa shape index (κ2) is 5.54. The number of anilines is 1. The molecule has 5 heteroatoms. The largest absolute Gasteiger partial charge is 0.352 e. The summed E-state index contributed by atoms with van der Waals surface area (Å²) in [6.45, 7) is 0. The molecule has 0 spiro atoms. The molecule has 0 saturated carbocycles. The molecule has 2 aromatic rings. The van der Waals surface area contributed by atoms with Crippen molar-refractivity contribution in [3.63, 3.8) is 0 Å². The number of ketones is 2. The second-order valence-electron chi connectivity index (χ2n) is 4.51. The first-order valence-electron chi connectivity index (χ1n) is 6.36. The van der Waals surface area contributed by atoms with E-state index in [1.807, 2.05) is 30.5 Å². The third-order valence-electron chi connectivity index (χ3n) is 3.15. The van der Waals surface area contributed by atoms with Crippen LogP contribution in [0.15, 0.2) is 59.3 Å². The van der Waals surface area contributed by atoms with Gasteiger partial charge in [0.15, 0.2) is 0 Å². The van der Waals surface area contributed by atoms with Crippen molar-refractivity contribution in [1.82, 2.24) is 4.98 Å². The van der Waals surface area contributed by atoms with Gasteiger partial charge in [-0.2, -0.15) is 0 Å². The Bertz CT molecular complexity index is 768. The molecular weight excluding hydrogens is 284 g/mol. The number of rotatable bonds is 3. The Morgan fingerprint density at radius 2 is 2.00 bits per heavy atom. The van der Waals surface area contributed by atoms with Gasteiger partial charge in [-0.15, -0.1) is 11.8 Å². The molecule has 21 heavy (non-hydrogen) atoms. The molecule has 4 nitrogen and oxygen atoms in total. The summed E-state index contributed by atoms with van der Waals surface area (Å²) >= 11 is 1.61. The number of hydrogen-bond acceptors (Lipinski definition) is 5. The molecular formula is C16H12N2O2S. The van der Waals surface area contributed by atoms with Gasteiger partial charge < -0.3 is 5.32 Å². The number of carbonyl (C=O) groups is 2. The summed E-state index contributed by atoms with van der Waals surface area (Å²) in [6, 6.07) is 11.0. The minimum Gasteiger partial charge on any atom is -0.352 e. The monoisotopic (exact) mass is 296 g/mol. The van der Waals surface area contributed by atoms with Crippen LogP contribution >= 0.6 is 11.8 Å². The number of aromatic nitrogens is 1. The Hall–Kier alpha value is -2.40. The maximum Gasteiger partial charge on any atom is 0.211 e. The molecule has 1 aromatic heterocycles. The van der Waals surface area contributed by atoms with E-state index >= 15 is 0 Å². The Morgan fingerprint density at radius 1 is 1.14 bits per heavy atom. The predicted octanol–water partition coefficient (Wildman–Crippen LogP) is 3.18. The molecule has 0 unspecified atom stereocenters. The minimum atomic E-state index is -0.256. The fourth-order valence-electron chi connectivity index (χ4n) is 2.14. The highest BCUT2D eigenvalue weighted by molar-refractivity contribution is 7.98. The topological polar surface area (TPSA) is 59.1 Å². The first-order chi connectivity index (χ1) is 10.2. The molecule has 1 aliphatic rings. The van der Waals surface area contributed by atoms with Crippen LogP contribution in [0.2, 0.25) is 0 Å². The highest BCUT2D eigenvalue weighted by Crippen LogP contribution is 2.24. The number of thioether (sulfide) groups is 1. The normalized spacial score (nSPS) is 13.7. The molecule has 0 radical (unpaired) electrons. The van der Waals surface area contributed by atoms with Gasteiger partial charge in [0.1, 0.15) is 5.69 Å². The van der Waals surface area contributed by atoms with E-state index in [1.165, 1.54) is 12.3 Å². The second-order valence-corrected chi connectivity index (χ2v) is 5.39. The van der Waals surface area contributed by atoms with Gasteiger partial charge in [0.2, 0.25) is 11.6 Å². The summed E-state index contributed by atoms with van der Waals surface area (Å²) in [6.07, 6.45) is 4.80. The zero-order valence-corrected chi connectivity index (χ0v) is 12.1. The maximum atomic E-state index is 12.4. The quantitative estimate of drug-likeness (QED) is 0.882. The molecule has 0 saturated heterocycles. The van der Waals surface area contributed by atoms with Crippen LogP contribution < -0.4 is 5.32 Å². The Balaban J connectivity index is 1.93. The molecule has 0 fully saturated rings. The van der Waals surface area contributed by atoms with E-state index in [0.717, 1.165) is 10.6 Å². The number of allylic oxidation sites excluding steroid dienone is 2.